The van der Waals surface area contributed by atoms with E-state index >= 15 is 0 Å². The number of rotatable bonds is 29. The van der Waals surface area contributed by atoms with Gasteiger partial charge >= 0.3 is 0 Å². The van der Waals surface area contributed by atoms with Gasteiger partial charge in [-0.2, -0.15) is 0 Å². The van der Waals surface area contributed by atoms with Gasteiger partial charge in [0.05, 0.1) is 0 Å². The predicted molar refractivity (Wildman–Crippen MR) is 178 cm³/mol. The predicted octanol–water partition coefficient (Wildman–Crippen LogP) is 12.3. The zero-order valence-electron chi connectivity index (χ0n) is 27.8. The van der Waals surface area contributed by atoms with Crippen LogP contribution in [0.15, 0.2) is 24.3 Å². The SMILES string of the molecule is CCCCCCC1C=CC(CCCCCCCCOC)C(C=CCCCCCCCCOC)C1CCCCCC. The largest absolute Gasteiger partial charge is 0.385 e. The van der Waals surface area contributed by atoms with Gasteiger partial charge < -0.3 is 9.47 Å². The molecule has 0 fully saturated rings. The minimum Gasteiger partial charge on any atom is -0.385 e. The van der Waals surface area contributed by atoms with Gasteiger partial charge in [-0.1, -0.05) is 147 Å². The summed E-state index contributed by atoms with van der Waals surface area (Å²) in [5, 5.41) is 0. The lowest BCUT2D eigenvalue weighted by atomic mass is 9.66. The van der Waals surface area contributed by atoms with Crippen molar-refractivity contribution in [3.05, 3.63) is 24.3 Å². The summed E-state index contributed by atoms with van der Waals surface area (Å²) in [5.74, 6) is 3.18. The second-order valence-electron chi connectivity index (χ2n) is 12.9. The molecule has 0 radical (unpaired) electrons. The molecule has 0 saturated heterocycles. The summed E-state index contributed by atoms with van der Waals surface area (Å²) < 4.78 is 10.4. The van der Waals surface area contributed by atoms with Crippen LogP contribution < -0.4 is 0 Å². The van der Waals surface area contributed by atoms with E-state index in [1.807, 2.05) is 14.2 Å². The molecule has 1 aliphatic carbocycles. The van der Waals surface area contributed by atoms with Crippen LogP contribution in [0.1, 0.15) is 168 Å². The van der Waals surface area contributed by atoms with Gasteiger partial charge in [-0.05, 0) is 68.6 Å². The summed E-state index contributed by atoms with van der Waals surface area (Å²) in [4.78, 5) is 0. The molecule has 0 saturated carbocycles. The Morgan fingerprint density at radius 3 is 1.52 bits per heavy atom. The van der Waals surface area contributed by atoms with Crippen molar-refractivity contribution in [1.29, 1.82) is 0 Å². The van der Waals surface area contributed by atoms with Crippen molar-refractivity contribution in [1.82, 2.24) is 0 Å². The second kappa shape index (κ2) is 28.5. The standard InChI is InChI=1S/C38H72O2/c1-5-7-9-21-27-35-31-32-36(28-22-17-14-16-20-26-34-40-4)38(37(35)29-23-10-8-6-2)30-24-18-13-11-12-15-19-25-33-39-3/h24,30-32,35-38H,5-23,25-29,33-34H2,1-4H3. The van der Waals surface area contributed by atoms with Crippen LogP contribution in [0.25, 0.3) is 0 Å². The molecule has 0 spiro atoms. The monoisotopic (exact) mass is 561 g/mol. The molecule has 2 heteroatoms. The first-order valence-corrected chi connectivity index (χ1v) is 18.1. The average molecular weight is 561 g/mol. The first-order chi connectivity index (χ1) is 19.8. The van der Waals surface area contributed by atoms with Crippen LogP contribution in [0.4, 0.5) is 0 Å². The second-order valence-corrected chi connectivity index (χ2v) is 12.9. The fourth-order valence-electron chi connectivity index (χ4n) is 6.87. The summed E-state index contributed by atoms with van der Waals surface area (Å²) in [5.41, 5.74) is 0. The van der Waals surface area contributed by atoms with E-state index in [1.54, 1.807) is 0 Å². The van der Waals surface area contributed by atoms with Crippen molar-refractivity contribution >= 4 is 0 Å². The van der Waals surface area contributed by atoms with Crippen LogP contribution in [-0.2, 0) is 9.47 Å². The summed E-state index contributed by atoms with van der Waals surface area (Å²) in [7, 11) is 3.64. The number of ether oxygens (including phenoxy) is 2. The molecular weight excluding hydrogens is 488 g/mol. The Hall–Kier alpha value is -0.600. The lowest BCUT2D eigenvalue weighted by Gasteiger charge is -2.39. The molecule has 0 aliphatic heterocycles. The molecule has 4 unspecified atom stereocenters. The summed E-state index contributed by atoms with van der Waals surface area (Å²) in [6, 6.07) is 0. The fraction of sp³-hybridized carbons (Fsp3) is 0.895. The van der Waals surface area contributed by atoms with Crippen LogP contribution in [0.2, 0.25) is 0 Å². The van der Waals surface area contributed by atoms with Crippen LogP contribution in [0.5, 0.6) is 0 Å². The molecule has 0 N–H and O–H groups in total. The number of hydrogen-bond acceptors (Lipinski definition) is 2. The number of methoxy groups -OCH3 is 2. The van der Waals surface area contributed by atoms with Crippen molar-refractivity contribution in [2.45, 2.75) is 168 Å². The van der Waals surface area contributed by atoms with Crippen LogP contribution in [-0.4, -0.2) is 27.4 Å². The van der Waals surface area contributed by atoms with Gasteiger partial charge in [0.2, 0.25) is 0 Å². The van der Waals surface area contributed by atoms with Crippen LogP contribution >= 0.6 is 0 Å². The number of allylic oxidation sites excluding steroid dienone is 4. The van der Waals surface area contributed by atoms with E-state index in [0.29, 0.717) is 0 Å². The maximum atomic E-state index is 5.22. The molecule has 0 aromatic heterocycles. The van der Waals surface area contributed by atoms with E-state index in [-0.39, 0.29) is 0 Å². The Labute approximate surface area is 252 Å². The lowest BCUT2D eigenvalue weighted by Crippen LogP contribution is -2.30. The van der Waals surface area contributed by atoms with E-state index in [9.17, 15) is 0 Å². The molecule has 0 amide bonds. The Morgan fingerprint density at radius 2 is 0.950 bits per heavy atom. The third kappa shape index (κ3) is 19.5. The highest BCUT2D eigenvalue weighted by Gasteiger charge is 2.33. The average Bonchev–Trinajstić information content (AvgIpc) is 2.97. The normalized spacial score (nSPS) is 21.1. The van der Waals surface area contributed by atoms with Crippen molar-refractivity contribution in [3.8, 4) is 0 Å². The summed E-state index contributed by atoms with van der Waals surface area (Å²) >= 11 is 0. The first kappa shape index (κ1) is 37.4. The van der Waals surface area contributed by atoms with Gasteiger partial charge in [-0.25, -0.2) is 0 Å². The Balaban J connectivity index is 2.71. The third-order valence-electron chi connectivity index (χ3n) is 9.39. The molecule has 4 atom stereocenters. The van der Waals surface area contributed by atoms with E-state index in [2.05, 4.69) is 38.2 Å². The molecule has 2 nitrogen and oxygen atoms in total. The quantitative estimate of drug-likeness (QED) is 0.0669. The van der Waals surface area contributed by atoms with Gasteiger partial charge in [0, 0.05) is 27.4 Å². The maximum absolute atomic E-state index is 5.22. The van der Waals surface area contributed by atoms with Crippen LogP contribution in [0.3, 0.4) is 0 Å². The highest BCUT2D eigenvalue weighted by molar-refractivity contribution is 5.10. The lowest BCUT2D eigenvalue weighted by molar-refractivity contribution is 0.191. The number of hydrogen-bond donors (Lipinski definition) is 0. The van der Waals surface area contributed by atoms with Crippen molar-refractivity contribution in [2.24, 2.45) is 23.7 Å². The van der Waals surface area contributed by atoms with Gasteiger partial charge in [0.1, 0.15) is 0 Å². The van der Waals surface area contributed by atoms with Gasteiger partial charge in [0.25, 0.3) is 0 Å². The molecule has 236 valence electrons. The smallest absolute Gasteiger partial charge is 0.0462 e. The van der Waals surface area contributed by atoms with E-state index in [0.717, 1.165) is 36.9 Å². The van der Waals surface area contributed by atoms with Crippen molar-refractivity contribution in [2.75, 3.05) is 27.4 Å². The number of unbranched alkanes of at least 4 members (excludes halogenated alkanes) is 17. The zero-order chi connectivity index (χ0) is 28.9. The zero-order valence-corrected chi connectivity index (χ0v) is 27.8. The van der Waals surface area contributed by atoms with Crippen molar-refractivity contribution in [3.63, 3.8) is 0 Å². The van der Waals surface area contributed by atoms with E-state index < -0.39 is 0 Å². The summed E-state index contributed by atoms with van der Waals surface area (Å²) in [6.45, 7) is 6.53. The van der Waals surface area contributed by atoms with Gasteiger partial charge in [-0.3, -0.25) is 0 Å². The molecule has 0 heterocycles. The first-order valence-electron chi connectivity index (χ1n) is 18.1. The molecule has 40 heavy (non-hydrogen) atoms. The minimum atomic E-state index is 0.758. The van der Waals surface area contributed by atoms with E-state index in [1.165, 1.54) is 154 Å². The minimum absolute atomic E-state index is 0.758. The van der Waals surface area contributed by atoms with E-state index in [4.69, 9.17) is 9.47 Å². The topological polar surface area (TPSA) is 18.5 Å². The molecule has 0 bridgehead atoms. The Bertz CT molecular complexity index is 568. The highest BCUT2D eigenvalue weighted by atomic mass is 16.5. The Morgan fingerprint density at radius 1 is 0.500 bits per heavy atom. The maximum Gasteiger partial charge on any atom is 0.0462 e. The fourth-order valence-corrected chi connectivity index (χ4v) is 6.87. The highest BCUT2D eigenvalue weighted by Crippen LogP contribution is 2.43. The van der Waals surface area contributed by atoms with Gasteiger partial charge in [-0.15, -0.1) is 0 Å². The molecule has 1 rings (SSSR count). The van der Waals surface area contributed by atoms with Crippen LogP contribution in [0, 0.1) is 23.7 Å². The molecule has 0 aromatic carbocycles. The molecule has 0 aromatic rings. The van der Waals surface area contributed by atoms with Gasteiger partial charge in [0.15, 0.2) is 0 Å². The molecular formula is C38H72O2. The summed E-state index contributed by atoms with van der Waals surface area (Å²) in [6.07, 6.45) is 43.6. The molecule has 1 aliphatic rings. The Kier molecular flexibility index (Phi) is 26.7. The third-order valence-corrected chi connectivity index (χ3v) is 9.39. The van der Waals surface area contributed by atoms with Crippen molar-refractivity contribution < 1.29 is 9.47 Å².